The summed E-state index contributed by atoms with van der Waals surface area (Å²) in [6.07, 6.45) is 11.4. The number of nitrogens with zero attached hydrogens (tertiary/aromatic N) is 3. The molecular weight excluding hydrogens is 138 g/mol. The summed E-state index contributed by atoms with van der Waals surface area (Å²) in [7, 11) is 0. The minimum Gasteiger partial charge on any atom is -0.253 e. The van der Waals surface area contributed by atoms with Crippen LogP contribution in [0.4, 0.5) is 0 Å². The summed E-state index contributed by atoms with van der Waals surface area (Å²) >= 11 is 0. The highest BCUT2D eigenvalue weighted by atomic mass is 15.3. The largest absolute Gasteiger partial charge is 0.253 e. The Kier molecular flexibility index (Phi) is 3.20. The molecule has 58 valence electrons. The Labute approximate surface area is 66.4 Å². The minimum atomic E-state index is 0.856. The van der Waals surface area contributed by atoms with E-state index in [1.807, 2.05) is 4.68 Å². The van der Waals surface area contributed by atoms with Crippen molar-refractivity contribution in [3.05, 3.63) is 12.7 Å². The lowest BCUT2D eigenvalue weighted by Gasteiger charge is -1.96. The maximum Gasteiger partial charge on any atom is 0.137 e. The standard InChI is InChI=1S/C8H11N3/c1-2-3-4-5-6-11-8-9-7-10-11/h1,7-8H,3-6H2. The maximum absolute atomic E-state index is 5.10. The Hall–Kier alpha value is -1.30. The lowest BCUT2D eigenvalue weighted by atomic mass is 10.2. The average Bonchev–Trinajstić information content (AvgIpc) is 2.50. The van der Waals surface area contributed by atoms with Gasteiger partial charge >= 0.3 is 0 Å². The third kappa shape index (κ3) is 2.85. The van der Waals surface area contributed by atoms with E-state index in [1.165, 1.54) is 0 Å². The van der Waals surface area contributed by atoms with E-state index in [2.05, 4.69) is 16.0 Å². The van der Waals surface area contributed by atoms with Crippen molar-refractivity contribution in [3.8, 4) is 12.3 Å². The van der Waals surface area contributed by atoms with Crippen molar-refractivity contribution in [1.29, 1.82) is 0 Å². The van der Waals surface area contributed by atoms with Crippen LogP contribution < -0.4 is 0 Å². The lowest BCUT2D eigenvalue weighted by Crippen LogP contribution is -1.97. The SMILES string of the molecule is C#CCCCCn1cncn1. The van der Waals surface area contributed by atoms with Gasteiger partial charge in [-0.25, -0.2) is 4.98 Å². The van der Waals surface area contributed by atoms with Gasteiger partial charge in [0.1, 0.15) is 12.7 Å². The lowest BCUT2D eigenvalue weighted by molar-refractivity contribution is 0.561. The van der Waals surface area contributed by atoms with Crippen molar-refractivity contribution >= 4 is 0 Å². The number of terminal acetylenes is 1. The number of hydrogen-bond acceptors (Lipinski definition) is 2. The fourth-order valence-electron chi connectivity index (χ4n) is 0.849. The smallest absolute Gasteiger partial charge is 0.137 e. The van der Waals surface area contributed by atoms with Crippen molar-refractivity contribution in [2.45, 2.75) is 25.8 Å². The fourth-order valence-corrected chi connectivity index (χ4v) is 0.849. The van der Waals surface area contributed by atoms with Crippen LogP contribution in [-0.2, 0) is 6.54 Å². The average molecular weight is 149 g/mol. The summed E-state index contributed by atoms with van der Waals surface area (Å²) in [5.41, 5.74) is 0. The molecule has 0 unspecified atom stereocenters. The van der Waals surface area contributed by atoms with Gasteiger partial charge < -0.3 is 0 Å². The van der Waals surface area contributed by atoms with Gasteiger partial charge in [0.05, 0.1) is 0 Å². The molecule has 0 amide bonds. The van der Waals surface area contributed by atoms with E-state index in [4.69, 9.17) is 6.42 Å². The van der Waals surface area contributed by atoms with Gasteiger partial charge in [0.15, 0.2) is 0 Å². The van der Waals surface area contributed by atoms with Crippen LogP contribution in [0.15, 0.2) is 12.7 Å². The second kappa shape index (κ2) is 4.51. The Morgan fingerprint density at radius 1 is 1.45 bits per heavy atom. The molecule has 0 saturated carbocycles. The van der Waals surface area contributed by atoms with Crippen LogP contribution in [0.3, 0.4) is 0 Å². The summed E-state index contributed by atoms with van der Waals surface area (Å²) in [6.45, 7) is 0.918. The summed E-state index contributed by atoms with van der Waals surface area (Å²) in [4.78, 5) is 3.83. The first-order chi connectivity index (χ1) is 5.43. The molecule has 0 aliphatic carbocycles. The van der Waals surface area contributed by atoms with Gasteiger partial charge in [-0.3, -0.25) is 4.68 Å². The highest BCUT2D eigenvalue weighted by molar-refractivity contribution is 4.82. The van der Waals surface area contributed by atoms with Gasteiger partial charge in [0, 0.05) is 13.0 Å². The molecular formula is C8H11N3. The van der Waals surface area contributed by atoms with Crippen LogP contribution >= 0.6 is 0 Å². The molecule has 0 aliphatic rings. The molecule has 3 nitrogen and oxygen atoms in total. The molecule has 11 heavy (non-hydrogen) atoms. The van der Waals surface area contributed by atoms with E-state index in [-0.39, 0.29) is 0 Å². The molecule has 0 radical (unpaired) electrons. The zero-order valence-corrected chi connectivity index (χ0v) is 6.40. The zero-order chi connectivity index (χ0) is 7.94. The van der Waals surface area contributed by atoms with Crippen LogP contribution in [0.1, 0.15) is 19.3 Å². The highest BCUT2D eigenvalue weighted by Crippen LogP contribution is 1.95. The van der Waals surface area contributed by atoms with Gasteiger partial charge in [-0.05, 0) is 12.8 Å². The predicted octanol–water partition coefficient (Wildman–Crippen LogP) is 1.08. The number of aryl methyl sites for hydroxylation is 1. The van der Waals surface area contributed by atoms with Crippen molar-refractivity contribution in [2.75, 3.05) is 0 Å². The topological polar surface area (TPSA) is 30.7 Å². The maximum atomic E-state index is 5.10. The molecule has 0 saturated heterocycles. The molecule has 0 aromatic carbocycles. The Balaban J connectivity index is 2.10. The molecule has 0 atom stereocenters. The Morgan fingerprint density at radius 3 is 3.00 bits per heavy atom. The minimum absolute atomic E-state index is 0.856. The highest BCUT2D eigenvalue weighted by Gasteiger charge is 1.89. The molecule has 1 rings (SSSR count). The van der Waals surface area contributed by atoms with Crippen molar-refractivity contribution in [1.82, 2.24) is 14.8 Å². The summed E-state index contributed by atoms with van der Waals surface area (Å²) in [5, 5.41) is 3.97. The molecule has 0 fully saturated rings. The van der Waals surface area contributed by atoms with Crippen LogP contribution in [0.2, 0.25) is 0 Å². The number of aromatic nitrogens is 3. The molecule has 3 heteroatoms. The van der Waals surface area contributed by atoms with Crippen LogP contribution in [0.5, 0.6) is 0 Å². The molecule has 1 aromatic heterocycles. The van der Waals surface area contributed by atoms with E-state index in [1.54, 1.807) is 12.7 Å². The van der Waals surface area contributed by atoms with Crippen LogP contribution in [0, 0.1) is 12.3 Å². The van der Waals surface area contributed by atoms with E-state index >= 15 is 0 Å². The molecule has 0 bridgehead atoms. The van der Waals surface area contributed by atoms with Crippen LogP contribution in [-0.4, -0.2) is 14.8 Å². The first-order valence-electron chi connectivity index (χ1n) is 3.69. The predicted molar refractivity (Wildman–Crippen MR) is 42.7 cm³/mol. The summed E-state index contributed by atoms with van der Waals surface area (Å²) in [5.74, 6) is 2.60. The third-order valence-electron chi connectivity index (χ3n) is 1.42. The van der Waals surface area contributed by atoms with E-state index in [0.717, 1.165) is 25.8 Å². The van der Waals surface area contributed by atoms with E-state index in [9.17, 15) is 0 Å². The van der Waals surface area contributed by atoms with Gasteiger partial charge in [-0.1, -0.05) is 0 Å². The van der Waals surface area contributed by atoms with Crippen molar-refractivity contribution in [3.63, 3.8) is 0 Å². The van der Waals surface area contributed by atoms with Gasteiger partial charge in [-0.15, -0.1) is 12.3 Å². The van der Waals surface area contributed by atoms with Gasteiger partial charge in [-0.2, -0.15) is 5.10 Å². The first kappa shape index (κ1) is 7.80. The summed E-state index contributed by atoms with van der Waals surface area (Å²) in [6, 6.07) is 0. The molecule has 0 spiro atoms. The Bertz CT molecular complexity index is 220. The Morgan fingerprint density at radius 2 is 2.36 bits per heavy atom. The normalized spacial score (nSPS) is 9.36. The quantitative estimate of drug-likeness (QED) is 0.473. The number of rotatable bonds is 4. The van der Waals surface area contributed by atoms with E-state index in [0.29, 0.717) is 0 Å². The summed E-state index contributed by atoms with van der Waals surface area (Å²) < 4.78 is 1.82. The molecule has 0 N–H and O–H groups in total. The molecule has 1 aromatic rings. The van der Waals surface area contributed by atoms with Gasteiger partial charge in [0.25, 0.3) is 0 Å². The van der Waals surface area contributed by atoms with Crippen LogP contribution in [0.25, 0.3) is 0 Å². The fraction of sp³-hybridized carbons (Fsp3) is 0.500. The van der Waals surface area contributed by atoms with Crippen molar-refractivity contribution < 1.29 is 0 Å². The molecule has 0 aliphatic heterocycles. The van der Waals surface area contributed by atoms with Gasteiger partial charge in [0.2, 0.25) is 0 Å². The first-order valence-corrected chi connectivity index (χ1v) is 3.69. The number of unbranched alkanes of at least 4 members (excludes halogenated alkanes) is 2. The zero-order valence-electron chi connectivity index (χ0n) is 6.40. The number of hydrogen-bond donors (Lipinski definition) is 0. The second-order valence-corrected chi connectivity index (χ2v) is 2.32. The second-order valence-electron chi connectivity index (χ2n) is 2.32. The van der Waals surface area contributed by atoms with Crippen molar-refractivity contribution in [2.24, 2.45) is 0 Å². The third-order valence-corrected chi connectivity index (χ3v) is 1.42. The van der Waals surface area contributed by atoms with E-state index < -0.39 is 0 Å². The monoisotopic (exact) mass is 149 g/mol. The molecule has 1 heterocycles.